The van der Waals surface area contributed by atoms with E-state index in [1.54, 1.807) is 0 Å². The fourth-order valence-electron chi connectivity index (χ4n) is 3.17. The highest BCUT2D eigenvalue weighted by Crippen LogP contribution is 2.53. The van der Waals surface area contributed by atoms with Crippen LogP contribution in [0.25, 0.3) is 0 Å². The molecule has 4 atom stereocenters. The van der Waals surface area contributed by atoms with Gasteiger partial charge < -0.3 is 11.1 Å². The van der Waals surface area contributed by atoms with Crippen molar-refractivity contribution in [1.82, 2.24) is 5.32 Å². The molecule has 0 aromatic rings. The molecule has 2 fully saturated rings. The lowest BCUT2D eigenvalue weighted by Gasteiger charge is -2.26. The van der Waals surface area contributed by atoms with E-state index < -0.39 is 0 Å². The second-order valence-corrected chi connectivity index (χ2v) is 4.28. The van der Waals surface area contributed by atoms with Crippen LogP contribution >= 0.6 is 0 Å². The fourth-order valence-corrected chi connectivity index (χ4v) is 3.17. The molecule has 0 aromatic carbocycles. The SMILES string of the molecule is NC1C2C=CC3(CNCC13)C2. The van der Waals surface area contributed by atoms with Gasteiger partial charge in [-0.1, -0.05) is 12.2 Å². The van der Waals surface area contributed by atoms with Gasteiger partial charge >= 0.3 is 0 Å². The van der Waals surface area contributed by atoms with Crippen molar-refractivity contribution in [2.45, 2.75) is 12.5 Å². The molecular formula is C9H14N2. The average molecular weight is 150 g/mol. The number of hydrogen-bond acceptors (Lipinski definition) is 2. The summed E-state index contributed by atoms with van der Waals surface area (Å²) >= 11 is 0. The third-order valence-electron chi connectivity index (χ3n) is 3.81. The summed E-state index contributed by atoms with van der Waals surface area (Å²) in [6.07, 6.45) is 6.05. The predicted octanol–water partition coefficient (Wildman–Crippen LogP) is 0.109. The Morgan fingerprint density at radius 2 is 2.45 bits per heavy atom. The minimum atomic E-state index is 0.440. The van der Waals surface area contributed by atoms with E-state index in [1.807, 2.05) is 0 Å². The molecule has 1 spiro atoms. The monoisotopic (exact) mass is 150 g/mol. The summed E-state index contributed by atoms with van der Waals surface area (Å²) < 4.78 is 0. The Morgan fingerprint density at radius 3 is 3.27 bits per heavy atom. The minimum Gasteiger partial charge on any atom is -0.327 e. The Labute approximate surface area is 66.8 Å². The van der Waals surface area contributed by atoms with Crippen molar-refractivity contribution in [2.75, 3.05) is 13.1 Å². The van der Waals surface area contributed by atoms with Gasteiger partial charge in [0.25, 0.3) is 0 Å². The number of fused-ring (bicyclic) bond motifs is 1. The largest absolute Gasteiger partial charge is 0.327 e. The first kappa shape index (κ1) is 6.21. The maximum absolute atomic E-state index is 6.11. The molecule has 0 radical (unpaired) electrons. The van der Waals surface area contributed by atoms with Gasteiger partial charge in [0.15, 0.2) is 0 Å². The molecule has 1 saturated heterocycles. The summed E-state index contributed by atoms with van der Waals surface area (Å²) in [5, 5.41) is 3.44. The van der Waals surface area contributed by atoms with E-state index >= 15 is 0 Å². The van der Waals surface area contributed by atoms with Gasteiger partial charge in [0, 0.05) is 24.5 Å². The molecule has 2 nitrogen and oxygen atoms in total. The molecule has 3 rings (SSSR count). The number of nitrogens with one attached hydrogen (secondary N) is 1. The standard InChI is InChI=1S/C9H14N2/c10-8-6-1-2-9(3-6)5-11-4-7(8)9/h1-2,6-8,11H,3-5,10H2. The lowest BCUT2D eigenvalue weighted by molar-refractivity contribution is 0.341. The van der Waals surface area contributed by atoms with Crippen molar-refractivity contribution in [3.05, 3.63) is 12.2 Å². The molecule has 3 N–H and O–H groups in total. The van der Waals surface area contributed by atoms with Crippen LogP contribution in [0.5, 0.6) is 0 Å². The number of hydrogen-bond donors (Lipinski definition) is 2. The number of rotatable bonds is 0. The lowest BCUT2D eigenvalue weighted by atomic mass is 9.79. The van der Waals surface area contributed by atoms with E-state index in [0.717, 1.165) is 12.5 Å². The normalized spacial score (nSPS) is 58.8. The fraction of sp³-hybridized carbons (Fsp3) is 0.778. The van der Waals surface area contributed by atoms with Gasteiger partial charge in [-0.2, -0.15) is 0 Å². The van der Waals surface area contributed by atoms with E-state index in [9.17, 15) is 0 Å². The summed E-state index contributed by atoms with van der Waals surface area (Å²) in [6.45, 7) is 2.31. The van der Waals surface area contributed by atoms with Gasteiger partial charge in [-0.05, 0) is 18.3 Å². The van der Waals surface area contributed by atoms with Crippen LogP contribution in [0.4, 0.5) is 0 Å². The van der Waals surface area contributed by atoms with Gasteiger partial charge in [-0.15, -0.1) is 0 Å². The molecular weight excluding hydrogens is 136 g/mol. The smallest absolute Gasteiger partial charge is 0.0152 e. The van der Waals surface area contributed by atoms with E-state index in [4.69, 9.17) is 5.73 Å². The quantitative estimate of drug-likeness (QED) is 0.481. The zero-order chi connectivity index (χ0) is 7.47. The van der Waals surface area contributed by atoms with Crippen molar-refractivity contribution >= 4 is 0 Å². The molecule has 2 aliphatic carbocycles. The molecule has 4 unspecified atom stereocenters. The minimum absolute atomic E-state index is 0.440. The Morgan fingerprint density at radius 1 is 1.55 bits per heavy atom. The molecule has 11 heavy (non-hydrogen) atoms. The third kappa shape index (κ3) is 0.565. The van der Waals surface area contributed by atoms with E-state index in [0.29, 0.717) is 17.4 Å². The molecule has 1 heterocycles. The van der Waals surface area contributed by atoms with Crippen LogP contribution in [-0.4, -0.2) is 19.1 Å². The Balaban J connectivity index is 2.07. The zero-order valence-electron chi connectivity index (χ0n) is 6.59. The molecule has 1 aliphatic heterocycles. The molecule has 0 aromatic heterocycles. The zero-order valence-corrected chi connectivity index (χ0v) is 6.59. The first-order valence-corrected chi connectivity index (χ1v) is 4.47. The van der Waals surface area contributed by atoms with Crippen LogP contribution in [-0.2, 0) is 0 Å². The van der Waals surface area contributed by atoms with Gasteiger partial charge in [0.2, 0.25) is 0 Å². The lowest BCUT2D eigenvalue weighted by Crippen LogP contribution is -2.37. The first-order valence-electron chi connectivity index (χ1n) is 4.47. The van der Waals surface area contributed by atoms with Crippen LogP contribution in [0.3, 0.4) is 0 Å². The van der Waals surface area contributed by atoms with Gasteiger partial charge in [0.1, 0.15) is 0 Å². The molecule has 1 saturated carbocycles. The summed E-state index contributed by atoms with van der Waals surface area (Å²) in [5.41, 5.74) is 6.58. The van der Waals surface area contributed by atoms with Crippen LogP contribution in [0.1, 0.15) is 6.42 Å². The topological polar surface area (TPSA) is 38.0 Å². The average Bonchev–Trinajstić information content (AvgIpc) is 2.61. The van der Waals surface area contributed by atoms with Crippen LogP contribution in [0.2, 0.25) is 0 Å². The predicted molar refractivity (Wildman–Crippen MR) is 44.0 cm³/mol. The van der Waals surface area contributed by atoms with E-state index in [2.05, 4.69) is 17.5 Å². The molecule has 0 amide bonds. The highest BCUT2D eigenvalue weighted by Gasteiger charge is 2.55. The Bertz CT molecular complexity index is 224. The number of nitrogens with two attached hydrogens (primary N) is 1. The summed E-state index contributed by atoms with van der Waals surface area (Å²) in [6, 6.07) is 0.440. The van der Waals surface area contributed by atoms with Crippen molar-refractivity contribution in [3.8, 4) is 0 Å². The van der Waals surface area contributed by atoms with Crippen molar-refractivity contribution < 1.29 is 0 Å². The third-order valence-corrected chi connectivity index (χ3v) is 3.81. The van der Waals surface area contributed by atoms with Crippen LogP contribution in [0, 0.1) is 17.3 Å². The highest BCUT2D eigenvalue weighted by molar-refractivity contribution is 5.26. The molecule has 2 bridgehead atoms. The first-order chi connectivity index (χ1) is 5.32. The van der Waals surface area contributed by atoms with E-state index in [-0.39, 0.29) is 0 Å². The van der Waals surface area contributed by atoms with Crippen molar-refractivity contribution in [3.63, 3.8) is 0 Å². The maximum atomic E-state index is 6.11. The van der Waals surface area contributed by atoms with E-state index in [1.165, 1.54) is 13.0 Å². The van der Waals surface area contributed by atoms with Gasteiger partial charge in [-0.25, -0.2) is 0 Å². The summed E-state index contributed by atoms with van der Waals surface area (Å²) in [4.78, 5) is 0. The molecule has 2 heteroatoms. The molecule has 3 aliphatic rings. The molecule has 60 valence electrons. The van der Waals surface area contributed by atoms with Gasteiger partial charge in [0.05, 0.1) is 0 Å². The second kappa shape index (κ2) is 1.70. The second-order valence-electron chi connectivity index (χ2n) is 4.28. The van der Waals surface area contributed by atoms with Crippen LogP contribution in [0.15, 0.2) is 12.2 Å². The Kier molecular flexibility index (Phi) is 0.958. The Hall–Kier alpha value is -0.340. The van der Waals surface area contributed by atoms with Crippen LogP contribution < -0.4 is 11.1 Å². The van der Waals surface area contributed by atoms with Crippen molar-refractivity contribution in [2.24, 2.45) is 23.0 Å². The maximum Gasteiger partial charge on any atom is 0.0152 e. The highest BCUT2D eigenvalue weighted by atomic mass is 15.0. The van der Waals surface area contributed by atoms with Gasteiger partial charge in [-0.3, -0.25) is 0 Å². The summed E-state index contributed by atoms with van der Waals surface area (Å²) in [5.74, 6) is 1.43. The van der Waals surface area contributed by atoms with Crippen molar-refractivity contribution in [1.29, 1.82) is 0 Å². The summed E-state index contributed by atoms with van der Waals surface area (Å²) in [7, 11) is 0.